The first-order valence-electron chi connectivity index (χ1n) is 9.31. The Bertz CT molecular complexity index is 508. The summed E-state index contributed by atoms with van der Waals surface area (Å²) >= 11 is 5.61. The van der Waals surface area contributed by atoms with Gasteiger partial charge in [-0.15, -0.1) is 0 Å². The lowest BCUT2D eigenvalue weighted by Gasteiger charge is -2.28. The molecule has 1 aromatic heterocycles. The van der Waals surface area contributed by atoms with E-state index in [1.807, 2.05) is 6.07 Å². The molecule has 0 atom stereocenters. The first-order chi connectivity index (χ1) is 11.5. The maximum atomic E-state index is 6.01. The second-order valence-corrected chi connectivity index (χ2v) is 7.44. The zero-order valence-corrected chi connectivity index (χ0v) is 16.6. The number of piperidine rings is 1. The summed E-state index contributed by atoms with van der Waals surface area (Å²) in [5.74, 6) is 1.85. The summed E-state index contributed by atoms with van der Waals surface area (Å²) in [4.78, 5) is 7.85. The fraction of sp³-hybridized carbons (Fsp3) is 0.737. The van der Waals surface area contributed by atoms with Gasteiger partial charge in [0.25, 0.3) is 0 Å². The van der Waals surface area contributed by atoms with Gasteiger partial charge in [-0.25, -0.2) is 0 Å². The minimum Gasteiger partial charge on any atom is -0.457 e. The van der Waals surface area contributed by atoms with Gasteiger partial charge in [0.2, 0.25) is 0 Å². The van der Waals surface area contributed by atoms with Crippen LogP contribution in [0.1, 0.15) is 51.6 Å². The van der Waals surface area contributed by atoms with Crippen molar-refractivity contribution in [1.82, 2.24) is 14.7 Å². The number of likely N-dealkylation sites (N-methyl/N-ethyl adjacent to an activating group) is 2. The maximum absolute atomic E-state index is 6.01. The monoisotopic (exact) mass is 351 g/mol. The number of nitrogens with zero attached hydrogens (tertiary/aromatic N) is 3. The Kier molecular flexibility index (Phi) is 7.72. The van der Waals surface area contributed by atoms with Gasteiger partial charge in [-0.05, 0) is 58.5 Å². The predicted octanol–water partition coefficient (Wildman–Crippen LogP) is 3.60. The lowest BCUT2D eigenvalue weighted by Crippen LogP contribution is -2.39. The highest BCUT2D eigenvalue weighted by molar-refractivity contribution is 7.80. The molecule has 0 saturated carbocycles. The second kappa shape index (κ2) is 9.54. The third-order valence-electron chi connectivity index (χ3n) is 4.91. The van der Waals surface area contributed by atoms with Crippen molar-refractivity contribution in [2.24, 2.45) is 0 Å². The van der Waals surface area contributed by atoms with Crippen molar-refractivity contribution in [2.75, 3.05) is 39.8 Å². The van der Waals surface area contributed by atoms with Crippen LogP contribution in [0.15, 0.2) is 16.5 Å². The van der Waals surface area contributed by atoms with Crippen LogP contribution in [0.2, 0.25) is 0 Å². The number of hydrogen-bond donors (Lipinski definition) is 0. The van der Waals surface area contributed by atoms with Gasteiger partial charge in [-0.3, -0.25) is 9.80 Å². The quantitative estimate of drug-likeness (QED) is 0.666. The van der Waals surface area contributed by atoms with E-state index in [0.29, 0.717) is 6.04 Å². The van der Waals surface area contributed by atoms with E-state index in [1.54, 1.807) is 0 Å². The molecule has 0 aliphatic carbocycles. The molecule has 1 fully saturated rings. The average Bonchev–Trinajstić information content (AvgIpc) is 3.03. The zero-order chi connectivity index (χ0) is 17.5. The van der Waals surface area contributed by atoms with E-state index in [4.69, 9.17) is 16.6 Å². The Hall–Kier alpha value is -0.910. The Morgan fingerprint density at radius 1 is 1.21 bits per heavy atom. The maximum Gasteiger partial charge on any atom is 0.161 e. The fourth-order valence-electron chi connectivity index (χ4n) is 3.27. The summed E-state index contributed by atoms with van der Waals surface area (Å²) in [5, 5.41) is 0. The van der Waals surface area contributed by atoms with E-state index in [-0.39, 0.29) is 0 Å². The van der Waals surface area contributed by atoms with E-state index >= 15 is 0 Å². The van der Waals surface area contributed by atoms with Crippen LogP contribution in [0, 0.1) is 0 Å². The molecule has 0 aromatic carbocycles. The van der Waals surface area contributed by atoms with E-state index in [2.05, 4.69) is 48.6 Å². The van der Waals surface area contributed by atoms with Crippen LogP contribution < -0.4 is 0 Å². The molecule has 0 spiro atoms. The van der Waals surface area contributed by atoms with Gasteiger partial charge >= 0.3 is 0 Å². The third-order valence-corrected chi connectivity index (χ3v) is 5.42. The first-order valence-corrected chi connectivity index (χ1v) is 9.72. The second-order valence-electron chi connectivity index (χ2n) is 7.05. The van der Waals surface area contributed by atoms with Crippen LogP contribution in [-0.4, -0.2) is 65.5 Å². The molecule has 2 rings (SSSR count). The Morgan fingerprint density at radius 2 is 1.92 bits per heavy atom. The summed E-state index contributed by atoms with van der Waals surface area (Å²) in [6.07, 6.45) is 3.97. The molecule has 0 radical (unpaired) electrons. The van der Waals surface area contributed by atoms with Crippen LogP contribution in [0.3, 0.4) is 0 Å². The highest BCUT2D eigenvalue weighted by atomic mass is 32.1. The zero-order valence-electron chi connectivity index (χ0n) is 15.8. The lowest BCUT2D eigenvalue weighted by atomic mass is 10.1. The van der Waals surface area contributed by atoms with Crippen molar-refractivity contribution < 1.29 is 4.42 Å². The van der Waals surface area contributed by atoms with E-state index in [9.17, 15) is 0 Å². The van der Waals surface area contributed by atoms with Crippen LogP contribution >= 0.6 is 12.2 Å². The van der Waals surface area contributed by atoms with Crippen LogP contribution in [-0.2, 0) is 6.54 Å². The molecule has 0 bridgehead atoms. The summed E-state index contributed by atoms with van der Waals surface area (Å²) in [6.45, 7) is 13.0. The van der Waals surface area contributed by atoms with Gasteiger partial charge in [0.15, 0.2) is 5.76 Å². The molecule has 0 N–H and O–H groups in total. The summed E-state index contributed by atoms with van der Waals surface area (Å²) in [5.41, 5.74) is 0. The Labute approximate surface area is 152 Å². The van der Waals surface area contributed by atoms with Crippen molar-refractivity contribution in [1.29, 1.82) is 0 Å². The lowest BCUT2D eigenvalue weighted by molar-refractivity contribution is 0.204. The smallest absolute Gasteiger partial charge is 0.161 e. The number of thiocarbonyl (C=S) groups is 1. The molecule has 0 unspecified atom stereocenters. The third kappa shape index (κ3) is 5.57. The topological polar surface area (TPSA) is 22.9 Å². The summed E-state index contributed by atoms with van der Waals surface area (Å²) in [6, 6.07) is 4.67. The molecule has 5 heteroatoms. The van der Waals surface area contributed by atoms with Crippen molar-refractivity contribution >= 4 is 17.2 Å². The molecule has 1 aromatic rings. The molecular weight excluding hydrogens is 318 g/mol. The molecular formula is C19H33N3OS. The Morgan fingerprint density at radius 3 is 2.54 bits per heavy atom. The van der Waals surface area contributed by atoms with Crippen LogP contribution in [0.25, 0.3) is 0 Å². The summed E-state index contributed by atoms with van der Waals surface area (Å²) < 4.78 is 6.01. The SMILES string of the molecule is CCN(CCN(C)C(=S)c1ccc(CN2CCCCC2)o1)C(C)C. The molecule has 0 amide bonds. The van der Waals surface area contributed by atoms with Crippen LogP contribution in [0.4, 0.5) is 0 Å². The van der Waals surface area contributed by atoms with Gasteiger partial charge in [0.1, 0.15) is 10.7 Å². The minimum absolute atomic E-state index is 0.566. The van der Waals surface area contributed by atoms with E-state index < -0.39 is 0 Å². The highest BCUT2D eigenvalue weighted by Gasteiger charge is 2.16. The number of likely N-dealkylation sites (tertiary alicyclic amines) is 1. The average molecular weight is 352 g/mol. The molecule has 1 aliphatic rings. The van der Waals surface area contributed by atoms with Crippen molar-refractivity contribution in [3.63, 3.8) is 0 Å². The van der Waals surface area contributed by atoms with Gasteiger partial charge < -0.3 is 9.32 Å². The largest absolute Gasteiger partial charge is 0.457 e. The molecule has 2 heterocycles. The number of rotatable bonds is 8. The van der Waals surface area contributed by atoms with Gasteiger partial charge in [-0.1, -0.05) is 25.6 Å². The molecule has 24 heavy (non-hydrogen) atoms. The van der Waals surface area contributed by atoms with Crippen molar-refractivity contribution in [3.05, 3.63) is 23.7 Å². The predicted molar refractivity (Wildman–Crippen MR) is 105 cm³/mol. The molecule has 1 aliphatic heterocycles. The number of hydrogen-bond acceptors (Lipinski definition) is 4. The molecule has 136 valence electrons. The summed E-state index contributed by atoms with van der Waals surface area (Å²) in [7, 11) is 2.06. The van der Waals surface area contributed by atoms with Gasteiger partial charge in [0, 0.05) is 26.2 Å². The molecule has 1 saturated heterocycles. The molecule has 4 nitrogen and oxygen atoms in total. The standard InChI is InChI=1S/C19H33N3OS/c1-5-22(16(2)3)14-13-20(4)19(24)18-10-9-17(23-18)15-21-11-7-6-8-12-21/h9-10,16H,5-8,11-15H2,1-4H3. The van der Waals surface area contributed by atoms with E-state index in [0.717, 1.165) is 42.7 Å². The van der Waals surface area contributed by atoms with Crippen molar-refractivity contribution in [3.8, 4) is 0 Å². The minimum atomic E-state index is 0.566. The van der Waals surface area contributed by atoms with Crippen LogP contribution in [0.5, 0.6) is 0 Å². The fourth-order valence-corrected chi connectivity index (χ4v) is 3.47. The Balaban J connectivity index is 1.85. The highest BCUT2D eigenvalue weighted by Crippen LogP contribution is 2.16. The van der Waals surface area contributed by atoms with E-state index in [1.165, 1.54) is 32.4 Å². The van der Waals surface area contributed by atoms with Crippen molar-refractivity contribution in [2.45, 2.75) is 52.6 Å². The first kappa shape index (κ1) is 19.4. The van der Waals surface area contributed by atoms with Gasteiger partial charge in [0.05, 0.1) is 6.54 Å². The normalized spacial score (nSPS) is 16.1. The van der Waals surface area contributed by atoms with Gasteiger partial charge in [-0.2, -0.15) is 0 Å². The number of furan rings is 1.